The van der Waals surface area contributed by atoms with Crippen molar-refractivity contribution in [2.45, 2.75) is 106 Å². The molecule has 3 saturated heterocycles. The summed E-state index contributed by atoms with van der Waals surface area (Å²) < 4.78 is 44.9. The lowest BCUT2D eigenvalue weighted by atomic mass is 9.97. The minimum absolute atomic E-state index is 0.0184. The van der Waals surface area contributed by atoms with E-state index in [0.29, 0.717) is 0 Å². The van der Waals surface area contributed by atoms with Crippen LogP contribution in [-0.4, -0.2) is 162 Å². The predicted molar refractivity (Wildman–Crippen MR) is 176 cm³/mol. The first-order valence-corrected chi connectivity index (χ1v) is 16.8. The van der Waals surface area contributed by atoms with Crippen molar-refractivity contribution < 1.29 is 93.7 Å². The normalized spacial score (nSPS) is 37.3. The molecule has 4 heterocycles. The molecule has 0 amide bonds. The molecular formula is C34H42O20. The third-order valence-electron chi connectivity index (χ3n) is 9.59. The highest BCUT2D eigenvalue weighted by Gasteiger charge is 2.51. The van der Waals surface area contributed by atoms with Gasteiger partial charge in [-0.05, 0) is 32.0 Å². The second-order valence-electron chi connectivity index (χ2n) is 13.3. The van der Waals surface area contributed by atoms with Crippen LogP contribution in [0.15, 0.2) is 39.5 Å². The Balaban J connectivity index is 1.24. The van der Waals surface area contributed by atoms with E-state index in [0.717, 1.165) is 18.2 Å². The van der Waals surface area contributed by atoms with Crippen molar-refractivity contribution in [2.24, 2.45) is 0 Å². The van der Waals surface area contributed by atoms with Gasteiger partial charge in [0.2, 0.25) is 17.5 Å². The zero-order chi connectivity index (χ0) is 39.3. The first kappa shape index (κ1) is 39.8. The van der Waals surface area contributed by atoms with Gasteiger partial charge in [0.05, 0.1) is 25.9 Å². The number of phenols is 3. The molecule has 2 aromatic carbocycles. The van der Waals surface area contributed by atoms with Gasteiger partial charge in [-0.2, -0.15) is 0 Å². The molecule has 0 saturated carbocycles. The second kappa shape index (κ2) is 15.7. The molecule has 3 fully saturated rings. The fraction of sp³-hybridized carbons (Fsp3) is 0.559. The average molecular weight is 771 g/mol. The van der Waals surface area contributed by atoms with Crippen molar-refractivity contribution in [1.29, 1.82) is 0 Å². The van der Waals surface area contributed by atoms with Gasteiger partial charge in [-0.1, -0.05) is 0 Å². The van der Waals surface area contributed by atoms with E-state index in [1.165, 1.54) is 33.1 Å². The summed E-state index contributed by atoms with van der Waals surface area (Å²) in [6.45, 7) is 2.14. The molecule has 15 atom stereocenters. The van der Waals surface area contributed by atoms with Gasteiger partial charge < -0.3 is 93.7 Å². The molecule has 6 rings (SSSR count). The number of benzene rings is 2. The van der Waals surface area contributed by atoms with Crippen LogP contribution in [0.2, 0.25) is 0 Å². The van der Waals surface area contributed by atoms with Crippen molar-refractivity contribution in [3.63, 3.8) is 0 Å². The Morgan fingerprint density at radius 2 is 1.31 bits per heavy atom. The lowest BCUT2D eigenvalue weighted by Gasteiger charge is -2.46. The smallest absolute Gasteiger partial charge is 0.239 e. The largest absolute Gasteiger partial charge is 0.507 e. The van der Waals surface area contributed by atoms with Crippen LogP contribution in [0, 0.1) is 0 Å². The highest BCUT2D eigenvalue weighted by atomic mass is 16.7. The predicted octanol–water partition coefficient (Wildman–Crippen LogP) is -2.53. The van der Waals surface area contributed by atoms with Crippen LogP contribution in [-0.2, 0) is 23.7 Å². The molecule has 0 radical (unpaired) electrons. The van der Waals surface area contributed by atoms with E-state index in [4.69, 9.17) is 37.6 Å². The number of aliphatic hydroxyl groups is 8. The van der Waals surface area contributed by atoms with Crippen molar-refractivity contribution in [1.82, 2.24) is 0 Å². The van der Waals surface area contributed by atoms with Gasteiger partial charge in [-0.15, -0.1) is 0 Å². The topological polar surface area (TPSA) is 317 Å². The van der Waals surface area contributed by atoms with E-state index in [1.807, 2.05) is 0 Å². The quantitative estimate of drug-likeness (QED) is 0.0999. The molecule has 298 valence electrons. The minimum atomic E-state index is -2.01. The van der Waals surface area contributed by atoms with Gasteiger partial charge in [0.25, 0.3) is 0 Å². The van der Waals surface area contributed by atoms with Crippen LogP contribution in [0.25, 0.3) is 22.3 Å². The van der Waals surface area contributed by atoms with E-state index in [2.05, 4.69) is 0 Å². The Bertz CT molecular complexity index is 1850. The Hall–Kier alpha value is -3.87. The fourth-order valence-corrected chi connectivity index (χ4v) is 6.37. The molecule has 0 aliphatic carbocycles. The summed E-state index contributed by atoms with van der Waals surface area (Å²) in [4.78, 5) is 13.9. The molecule has 54 heavy (non-hydrogen) atoms. The fourth-order valence-electron chi connectivity index (χ4n) is 6.37. The van der Waals surface area contributed by atoms with Crippen LogP contribution < -0.4 is 14.9 Å². The van der Waals surface area contributed by atoms with E-state index in [1.54, 1.807) is 0 Å². The molecule has 20 nitrogen and oxygen atoms in total. The second-order valence-corrected chi connectivity index (χ2v) is 13.3. The third-order valence-corrected chi connectivity index (χ3v) is 9.59. The molecule has 1 aromatic heterocycles. The van der Waals surface area contributed by atoms with E-state index in [-0.39, 0.29) is 28.0 Å². The number of fused-ring (bicyclic) bond motifs is 1. The lowest BCUT2D eigenvalue weighted by molar-refractivity contribution is -0.358. The van der Waals surface area contributed by atoms with Crippen LogP contribution in [0.3, 0.4) is 0 Å². The minimum Gasteiger partial charge on any atom is -0.507 e. The Morgan fingerprint density at radius 3 is 2.00 bits per heavy atom. The van der Waals surface area contributed by atoms with Gasteiger partial charge in [-0.25, -0.2) is 0 Å². The molecule has 3 aliphatic rings. The van der Waals surface area contributed by atoms with Crippen molar-refractivity contribution in [3.05, 3.63) is 40.6 Å². The lowest BCUT2D eigenvalue weighted by Crippen LogP contribution is -2.64. The molecule has 3 aromatic rings. The summed E-state index contributed by atoms with van der Waals surface area (Å²) in [6.07, 6.45) is -24.3. The van der Waals surface area contributed by atoms with Crippen molar-refractivity contribution in [3.8, 4) is 40.1 Å². The number of aliphatic hydroxyl groups excluding tert-OH is 8. The standard InChI is InChI=1S/C34H42O20/c1-10-20(38)24(42)26(44)33(50-10)53-30-21(39)11(2)49-32(28(30)46)48-9-18-22(40)25(43)27(45)34(52-18)54-31-23(41)19-16(37)7-13(47-3)8-17(19)51-29(31)12-4-5-14(35)15(36)6-12/h4-8,10-11,18,20-22,24-28,30,32-40,42-46H,9H2,1-3H3/t10-,11-,18+,20-,21-,22-,24+,25-,26+,27+,28+,30+,32+,33-,34-/m0/s1. The average Bonchev–Trinajstić information content (AvgIpc) is 3.14. The summed E-state index contributed by atoms with van der Waals surface area (Å²) in [6, 6.07) is 5.81. The van der Waals surface area contributed by atoms with E-state index in [9.17, 15) is 61.0 Å². The molecule has 0 spiro atoms. The van der Waals surface area contributed by atoms with Crippen LogP contribution >= 0.6 is 0 Å². The molecule has 11 N–H and O–H groups in total. The van der Waals surface area contributed by atoms with Gasteiger partial charge in [0.15, 0.2) is 29.8 Å². The summed E-state index contributed by atoms with van der Waals surface area (Å²) >= 11 is 0. The summed E-state index contributed by atoms with van der Waals surface area (Å²) in [7, 11) is 1.31. The van der Waals surface area contributed by atoms with E-state index < -0.39 is 127 Å². The third kappa shape index (κ3) is 7.41. The SMILES string of the molecule is COc1cc(O)c2c(=O)c(O[C@@H]3O[C@H](CO[C@@H]4O[C@@H](C)[C@H](O)[C@@H](O[C@@H]5O[C@@H](C)[C@H](O)[C@@H](O)[C@H]5O)[C@H]4O)[C@H](O)[C@H](O)[C@H]3O)c(-c3ccc(O)c(O)c3)oc2c1. The molecule has 20 heteroatoms. The molecule has 3 aliphatic heterocycles. The van der Waals surface area contributed by atoms with E-state index >= 15 is 0 Å². The molecule has 0 unspecified atom stereocenters. The molecular weight excluding hydrogens is 728 g/mol. The first-order valence-electron chi connectivity index (χ1n) is 16.8. The van der Waals surface area contributed by atoms with Crippen molar-refractivity contribution in [2.75, 3.05) is 13.7 Å². The Labute approximate surface area is 305 Å². The highest BCUT2D eigenvalue weighted by molar-refractivity contribution is 5.88. The Morgan fingerprint density at radius 1 is 0.667 bits per heavy atom. The number of hydrogen-bond acceptors (Lipinski definition) is 20. The number of hydrogen-bond donors (Lipinski definition) is 11. The maximum atomic E-state index is 13.9. The number of aromatic hydroxyl groups is 3. The van der Waals surface area contributed by atoms with Gasteiger partial charge >= 0.3 is 0 Å². The number of phenolic OH excluding ortho intramolecular Hbond substituents is 3. The van der Waals surface area contributed by atoms with Gasteiger partial charge in [-0.3, -0.25) is 4.79 Å². The monoisotopic (exact) mass is 770 g/mol. The summed E-state index contributed by atoms with van der Waals surface area (Å²) in [5.41, 5.74) is -1.20. The van der Waals surface area contributed by atoms with Crippen LogP contribution in [0.5, 0.6) is 28.7 Å². The summed E-state index contributed by atoms with van der Waals surface area (Å²) in [5.74, 6) is -2.63. The number of ether oxygens (including phenoxy) is 7. The number of methoxy groups -OCH3 is 1. The maximum Gasteiger partial charge on any atom is 0.239 e. The summed E-state index contributed by atoms with van der Waals surface area (Å²) in [5, 5.41) is 115. The van der Waals surface area contributed by atoms with Crippen molar-refractivity contribution >= 4 is 11.0 Å². The maximum absolute atomic E-state index is 13.9. The molecule has 0 bridgehead atoms. The van der Waals surface area contributed by atoms with Gasteiger partial charge in [0.1, 0.15) is 83.5 Å². The number of rotatable bonds is 9. The zero-order valence-electron chi connectivity index (χ0n) is 28.8. The highest BCUT2D eigenvalue weighted by Crippen LogP contribution is 2.40. The zero-order valence-corrected chi connectivity index (χ0v) is 28.8. The first-order chi connectivity index (χ1) is 25.5. The van der Waals surface area contributed by atoms with Gasteiger partial charge in [0, 0.05) is 17.7 Å². The Kier molecular flexibility index (Phi) is 11.6. The van der Waals surface area contributed by atoms with Crippen LogP contribution in [0.1, 0.15) is 13.8 Å². The van der Waals surface area contributed by atoms with Crippen LogP contribution in [0.4, 0.5) is 0 Å².